The fraction of sp³-hybridized carbons (Fsp3) is 0.260. The molecule has 20 rings (SSSR count). The summed E-state index contributed by atoms with van der Waals surface area (Å²) >= 11 is 0. The number of aryl methyl sites for hydroxylation is 4. The third-order valence-electron chi connectivity index (χ3n) is 22.7. The van der Waals surface area contributed by atoms with E-state index >= 15 is 0 Å². The molecule has 27 nitrogen and oxygen atoms in total. The van der Waals surface area contributed by atoms with E-state index in [9.17, 15) is 119 Å². The molecular weight excluding hydrogens is 2030 g/mol. The van der Waals surface area contributed by atoms with Gasteiger partial charge in [-0.05, 0) is 197 Å². The van der Waals surface area contributed by atoms with E-state index in [0.717, 1.165) is 105 Å². The van der Waals surface area contributed by atoms with Gasteiger partial charge in [-0.1, -0.05) is 6.07 Å². The molecule has 0 saturated heterocycles. The van der Waals surface area contributed by atoms with Gasteiger partial charge in [0.2, 0.25) is 0 Å². The van der Waals surface area contributed by atoms with Crippen LogP contribution in [0, 0.1) is 11.3 Å². The maximum Gasteiger partial charge on any atom is 0.573 e. The van der Waals surface area contributed by atoms with Gasteiger partial charge in [-0.25, -0.2) is 49.8 Å². The van der Waals surface area contributed by atoms with Crippen LogP contribution in [0.1, 0.15) is 120 Å². The van der Waals surface area contributed by atoms with Crippen molar-refractivity contribution in [3.05, 3.63) is 282 Å². The van der Waals surface area contributed by atoms with Crippen molar-refractivity contribution in [1.29, 1.82) is 5.26 Å². The number of alkyl halides is 26. The smallest absolute Gasteiger partial charge is 0.435 e. The first-order valence-electron chi connectivity index (χ1n) is 44.7. The van der Waals surface area contributed by atoms with Crippen LogP contribution in [0.4, 0.5) is 172 Å². The Hall–Kier alpha value is -16.6. The van der Waals surface area contributed by atoms with Gasteiger partial charge < -0.3 is 54.3 Å². The van der Waals surface area contributed by atoms with E-state index in [4.69, 9.17) is 0 Å². The summed E-state index contributed by atoms with van der Waals surface area (Å²) in [5.74, 6) is 1.86. The molecule has 0 amide bonds. The van der Waals surface area contributed by atoms with E-state index in [1.165, 1.54) is 142 Å². The Kier molecular flexibility index (Phi) is 30.5. The predicted molar refractivity (Wildman–Crippen MR) is 485 cm³/mol. The Bertz CT molecular complexity index is 7430. The lowest BCUT2D eigenvalue weighted by Gasteiger charge is -2.17. The lowest BCUT2D eigenvalue weighted by molar-refractivity contribution is -0.274. The molecule has 0 aliphatic carbocycles. The highest BCUT2D eigenvalue weighted by molar-refractivity contribution is 5.71. The van der Waals surface area contributed by atoms with Gasteiger partial charge in [-0.15, -0.1) is 13.2 Å². The fourth-order valence-corrected chi connectivity index (χ4v) is 16.3. The van der Waals surface area contributed by atoms with Crippen molar-refractivity contribution in [3.63, 3.8) is 0 Å². The van der Waals surface area contributed by atoms with E-state index in [0.29, 0.717) is 116 Å². The minimum absolute atomic E-state index is 0.00463. The number of aromatic nitrogens is 19. The normalized spacial score (nSPS) is 13.7. The van der Waals surface area contributed by atoms with Gasteiger partial charge in [0, 0.05) is 86.5 Å². The van der Waals surface area contributed by atoms with Gasteiger partial charge in [-0.2, -0.15) is 106 Å². The lowest BCUT2D eigenvalue weighted by Crippen LogP contribution is -2.17. The Morgan fingerprint density at radius 2 is 0.611 bits per heavy atom. The Balaban J connectivity index is 0.000000133. The second-order valence-corrected chi connectivity index (χ2v) is 33.1. The van der Waals surface area contributed by atoms with Gasteiger partial charge >= 0.3 is 56.2 Å². The highest BCUT2D eigenvalue weighted by atomic mass is 19.4. The summed E-state index contributed by atoms with van der Waals surface area (Å²) in [5.41, 5.74) is -3.07. The van der Waals surface area contributed by atoms with Gasteiger partial charge in [0.1, 0.15) is 109 Å². The molecule has 5 aromatic carbocycles. The van der Waals surface area contributed by atoms with E-state index in [1.54, 1.807) is 17.0 Å². The number of benzene rings is 5. The number of nitrogens with zero attached hydrogens (tertiary/aromatic N) is 20. The molecular formula is C96H73F26N25O2. The SMILES string of the molecule is FC(F)(F)Oc1ccc(Nc2cncc(-c3c(C(F)(F)F)nc4n3CCCC4)n2)cc1.FC(F)(F)c1ccc(Nc2cncc(-c3c(C(F)(F)F)nc4n3CCCC4)n2)cc1.FC(F)(F)c1ccc(Nc2cncc(-c3cnc4ccccn34)n2)cc1.FC(F)Oc1ccc(Nc2cncc(-c3c(C(F)(F)F)nc4n3CCCC4)n2)cc1.N#Cc1cc(Nc2ccc(C(F)(F)F)cc2)nc(-c2c(C(F)(F)F)nc3n2CCCC3)c1. The third kappa shape index (κ3) is 26.1. The van der Waals surface area contributed by atoms with Crippen molar-refractivity contribution in [1.82, 2.24) is 92.4 Å². The highest BCUT2D eigenvalue weighted by Gasteiger charge is 2.46. The summed E-state index contributed by atoms with van der Waals surface area (Å²) in [5, 5.41) is 23.6. The summed E-state index contributed by atoms with van der Waals surface area (Å²) in [7, 11) is 0. The quantitative estimate of drug-likeness (QED) is 0.0499. The zero-order valence-corrected chi connectivity index (χ0v) is 76.2. The molecule has 776 valence electrons. The molecule has 0 unspecified atom stereocenters. The summed E-state index contributed by atoms with van der Waals surface area (Å²) in [6.45, 7) is -1.37. The van der Waals surface area contributed by atoms with E-state index in [2.05, 4.69) is 106 Å². The van der Waals surface area contributed by atoms with Crippen LogP contribution in [-0.4, -0.2) is 105 Å². The van der Waals surface area contributed by atoms with Crippen LogP contribution in [-0.2, 0) is 95.1 Å². The largest absolute Gasteiger partial charge is 0.573 e. The number of imidazole rings is 5. The number of hydrogen-bond acceptors (Lipinski definition) is 22. The molecule has 0 saturated carbocycles. The van der Waals surface area contributed by atoms with E-state index < -0.39 is 101 Å². The Morgan fingerprint density at radius 3 is 0.926 bits per heavy atom. The first-order valence-corrected chi connectivity index (χ1v) is 44.7. The molecule has 0 fully saturated rings. The second kappa shape index (κ2) is 43.2. The summed E-state index contributed by atoms with van der Waals surface area (Å²) in [6.07, 6.45) is -14.8. The topological polar surface area (TPSA) is 307 Å². The third-order valence-corrected chi connectivity index (χ3v) is 22.7. The van der Waals surface area contributed by atoms with Gasteiger partial charge in [0.25, 0.3) is 0 Å². The van der Waals surface area contributed by atoms with Crippen LogP contribution in [0.3, 0.4) is 0 Å². The predicted octanol–water partition coefficient (Wildman–Crippen LogP) is 26.3. The summed E-state index contributed by atoms with van der Waals surface area (Å²) in [6, 6.07) is 33.6. The van der Waals surface area contributed by atoms with Crippen molar-refractivity contribution in [2.75, 3.05) is 26.6 Å². The Labute approximate surface area is 823 Å². The number of anilines is 10. The number of hydrogen-bond donors (Lipinski definition) is 5. The van der Waals surface area contributed by atoms with Crippen molar-refractivity contribution in [3.8, 4) is 74.5 Å². The molecule has 0 radical (unpaired) electrons. The molecule has 0 atom stereocenters. The first-order chi connectivity index (χ1) is 70.6. The van der Waals surface area contributed by atoms with Crippen molar-refractivity contribution >= 4 is 63.2 Å². The zero-order chi connectivity index (χ0) is 106. The first kappa shape index (κ1) is 105. The number of fused-ring (bicyclic) bond motifs is 5. The number of rotatable bonds is 18. The summed E-state index contributed by atoms with van der Waals surface area (Å²) < 4.78 is 355. The van der Waals surface area contributed by atoms with Crippen molar-refractivity contribution in [2.45, 2.75) is 159 Å². The molecule has 4 aliphatic heterocycles. The highest BCUT2D eigenvalue weighted by Crippen LogP contribution is 2.46. The van der Waals surface area contributed by atoms with Crippen LogP contribution in [0.5, 0.6) is 11.5 Å². The molecule has 53 heteroatoms. The van der Waals surface area contributed by atoms with Crippen LogP contribution in [0.2, 0.25) is 0 Å². The average Bonchev–Trinajstić information content (AvgIpc) is 1.62. The van der Waals surface area contributed by atoms with Crippen molar-refractivity contribution in [2.24, 2.45) is 0 Å². The minimum atomic E-state index is -4.81. The van der Waals surface area contributed by atoms with Gasteiger partial charge in [0.05, 0.1) is 101 Å². The van der Waals surface area contributed by atoms with Gasteiger partial charge in [0.15, 0.2) is 22.8 Å². The molecule has 5 N–H and O–H groups in total. The number of halogens is 26. The van der Waals surface area contributed by atoms with Gasteiger partial charge in [-0.3, -0.25) is 24.3 Å². The lowest BCUT2D eigenvalue weighted by atomic mass is 10.1. The second-order valence-electron chi connectivity index (χ2n) is 33.1. The van der Waals surface area contributed by atoms with Crippen LogP contribution < -0.4 is 36.1 Å². The number of nitrogens with one attached hydrogen (secondary N) is 5. The molecule has 11 aromatic heterocycles. The van der Waals surface area contributed by atoms with E-state index in [-0.39, 0.29) is 85.8 Å². The molecule has 15 heterocycles. The minimum Gasteiger partial charge on any atom is -0.435 e. The maximum atomic E-state index is 13.7. The standard InChI is InChI=1S/C21H15F6N5.C19H15F6N5O.C19H15F6N5.C19H16F5N5O.C18H12F3N5/c22-20(23,24)13-4-6-14(7-5-13)29-16-10-12(11-28)9-15(30-16)18-19(21(25,26)27)31-17-3-1-2-8-32(17)18;20-18(21,22)17-16(30-8-2-1-3-15(30)29-17)13-9-26-10-14(28-13)27-11-4-6-12(7-5-11)31-19(23,24)25;20-18(21,22)11-4-6-12(7-5-11)27-14-10-26-9-13(28-14)16-17(19(23,24)25)29-15-3-1-2-8-30(15)16;20-18(21)30-12-6-4-11(5-7-12)26-14-10-25-9-13(27-14)16-17(19(22,23)24)28-15-3-1-2-8-29(15)16;19-18(20,21)12-4-6-13(7-5-12)24-16-11-22-9-14(25-16)15-10-23-17-3-1-2-8-26(15)17/h4-7,9-10H,1-3,8H2,(H,29,30);4-7,9-10H,1-3,8H2,(H,27,28);4-7,9-10H,1-3,8H2,(H,27,28);4-7,9-10,18H,1-3,8H2,(H,26,27);1-11H,(H,24,25). The molecule has 16 aromatic rings. The molecule has 0 spiro atoms. The van der Waals surface area contributed by atoms with E-state index in [1.807, 2.05) is 34.9 Å². The average molecular weight is 2100 g/mol. The van der Waals surface area contributed by atoms with Crippen LogP contribution >= 0.6 is 0 Å². The number of ether oxygens (including phenoxy) is 2. The maximum absolute atomic E-state index is 13.7. The monoisotopic (exact) mass is 2100 g/mol. The summed E-state index contributed by atoms with van der Waals surface area (Å²) in [4.78, 5) is 57.0. The molecule has 4 aliphatic rings. The number of nitriles is 1. The van der Waals surface area contributed by atoms with Crippen LogP contribution in [0.15, 0.2) is 214 Å². The Morgan fingerprint density at radius 1 is 0.309 bits per heavy atom. The molecule has 149 heavy (non-hydrogen) atoms. The van der Waals surface area contributed by atoms with Crippen LogP contribution in [0.25, 0.3) is 62.6 Å². The molecule has 0 bridgehead atoms. The zero-order valence-electron chi connectivity index (χ0n) is 76.2. The number of pyridine rings is 2. The van der Waals surface area contributed by atoms with Crippen molar-refractivity contribution < 1.29 is 124 Å². The fourth-order valence-electron chi connectivity index (χ4n) is 16.3.